The first-order valence-electron chi connectivity index (χ1n) is 6.56. The van der Waals surface area contributed by atoms with Crippen molar-refractivity contribution in [3.05, 3.63) is 59.2 Å². The number of carboxylic acids is 1. The monoisotopic (exact) mass is 270 g/mol. The summed E-state index contributed by atoms with van der Waals surface area (Å²) in [6, 6.07) is 13.2. The molecule has 0 saturated carbocycles. The molecular formula is C17H18O3. The molecule has 0 heterocycles. The van der Waals surface area contributed by atoms with Gasteiger partial charge in [-0.25, -0.2) is 0 Å². The lowest BCUT2D eigenvalue weighted by Gasteiger charge is -2.16. The second-order valence-corrected chi connectivity index (χ2v) is 4.88. The van der Waals surface area contributed by atoms with Crippen LogP contribution in [0.25, 0.3) is 0 Å². The number of para-hydroxylation sites is 1. The average Bonchev–Trinajstić information content (AvgIpc) is 2.44. The van der Waals surface area contributed by atoms with Crippen molar-refractivity contribution in [1.29, 1.82) is 0 Å². The van der Waals surface area contributed by atoms with Crippen molar-refractivity contribution in [2.45, 2.75) is 26.7 Å². The van der Waals surface area contributed by atoms with E-state index in [9.17, 15) is 4.79 Å². The molecule has 1 unspecified atom stereocenters. The Bertz CT molecular complexity index is 618. The number of hydrogen-bond acceptors (Lipinski definition) is 2. The maximum absolute atomic E-state index is 11.1. The summed E-state index contributed by atoms with van der Waals surface area (Å²) in [5.41, 5.74) is 2.77. The number of rotatable bonds is 4. The summed E-state index contributed by atoms with van der Waals surface area (Å²) in [5.74, 6) is 0.202. The second kappa shape index (κ2) is 5.78. The average molecular weight is 270 g/mol. The molecule has 2 aromatic rings. The first kappa shape index (κ1) is 14.1. The summed E-state index contributed by atoms with van der Waals surface area (Å²) in [6.45, 7) is 5.58. The maximum Gasteiger partial charge on any atom is 0.310 e. The highest BCUT2D eigenvalue weighted by Crippen LogP contribution is 2.31. The van der Waals surface area contributed by atoms with Crippen LogP contribution in [0.1, 0.15) is 29.5 Å². The maximum atomic E-state index is 11.1. The van der Waals surface area contributed by atoms with Crippen molar-refractivity contribution in [3.63, 3.8) is 0 Å². The second-order valence-electron chi connectivity index (χ2n) is 4.88. The van der Waals surface area contributed by atoms with Gasteiger partial charge in [0.25, 0.3) is 0 Å². The summed E-state index contributed by atoms with van der Waals surface area (Å²) >= 11 is 0. The zero-order chi connectivity index (χ0) is 14.7. The smallest absolute Gasteiger partial charge is 0.310 e. The Morgan fingerprint density at radius 3 is 2.30 bits per heavy atom. The Morgan fingerprint density at radius 1 is 1.05 bits per heavy atom. The van der Waals surface area contributed by atoms with Crippen molar-refractivity contribution in [3.8, 4) is 11.5 Å². The van der Waals surface area contributed by atoms with Gasteiger partial charge in [-0.3, -0.25) is 4.79 Å². The van der Waals surface area contributed by atoms with Gasteiger partial charge in [0.1, 0.15) is 11.5 Å². The van der Waals surface area contributed by atoms with Gasteiger partial charge in [0.15, 0.2) is 0 Å². The van der Waals surface area contributed by atoms with E-state index < -0.39 is 11.9 Å². The van der Waals surface area contributed by atoms with Gasteiger partial charge in [-0.15, -0.1) is 0 Å². The van der Waals surface area contributed by atoms with Crippen LogP contribution in [0, 0.1) is 13.8 Å². The summed E-state index contributed by atoms with van der Waals surface area (Å²) in [6.07, 6.45) is 0. The van der Waals surface area contributed by atoms with Crippen LogP contribution in [0.2, 0.25) is 0 Å². The molecule has 0 aliphatic carbocycles. The quantitative estimate of drug-likeness (QED) is 0.901. The van der Waals surface area contributed by atoms with E-state index in [1.807, 2.05) is 56.3 Å². The molecule has 1 atom stereocenters. The largest absolute Gasteiger partial charge is 0.481 e. The number of carboxylic acid groups (broad SMARTS) is 1. The lowest BCUT2D eigenvalue weighted by atomic mass is 9.93. The summed E-state index contributed by atoms with van der Waals surface area (Å²) in [7, 11) is 0. The molecule has 3 heteroatoms. The molecule has 0 aromatic heterocycles. The molecule has 20 heavy (non-hydrogen) atoms. The third-order valence-corrected chi connectivity index (χ3v) is 3.59. The van der Waals surface area contributed by atoms with Gasteiger partial charge < -0.3 is 9.84 Å². The number of hydrogen-bond donors (Lipinski definition) is 1. The van der Waals surface area contributed by atoms with Gasteiger partial charge in [-0.1, -0.05) is 24.3 Å². The number of carbonyl (C=O) groups is 1. The zero-order valence-corrected chi connectivity index (χ0v) is 11.9. The van der Waals surface area contributed by atoms with Gasteiger partial charge in [0, 0.05) is 0 Å². The Hall–Kier alpha value is -2.29. The fourth-order valence-corrected chi connectivity index (χ4v) is 2.14. The SMILES string of the molecule is Cc1c(Oc2ccccc2)ccc(C(C)C(=O)O)c1C. The fourth-order valence-electron chi connectivity index (χ4n) is 2.14. The summed E-state index contributed by atoms with van der Waals surface area (Å²) < 4.78 is 5.84. The lowest BCUT2D eigenvalue weighted by molar-refractivity contribution is -0.138. The lowest BCUT2D eigenvalue weighted by Crippen LogP contribution is -2.09. The predicted molar refractivity (Wildman–Crippen MR) is 78.5 cm³/mol. The molecule has 104 valence electrons. The van der Waals surface area contributed by atoms with Gasteiger partial charge in [-0.05, 0) is 55.7 Å². The molecule has 0 fully saturated rings. The minimum atomic E-state index is -0.816. The molecule has 2 aromatic carbocycles. The van der Waals surface area contributed by atoms with E-state index in [4.69, 9.17) is 9.84 Å². The topological polar surface area (TPSA) is 46.5 Å². The Labute approximate surface area is 118 Å². The highest BCUT2D eigenvalue weighted by Gasteiger charge is 2.18. The molecule has 1 N–H and O–H groups in total. The van der Waals surface area contributed by atoms with Crippen molar-refractivity contribution < 1.29 is 14.6 Å². The van der Waals surface area contributed by atoms with Crippen LogP contribution < -0.4 is 4.74 Å². The molecular weight excluding hydrogens is 252 g/mol. The van der Waals surface area contributed by atoms with Crippen molar-refractivity contribution in [1.82, 2.24) is 0 Å². The van der Waals surface area contributed by atoms with E-state index >= 15 is 0 Å². The van der Waals surface area contributed by atoms with Crippen LogP contribution in [0.5, 0.6) is 11.5 Å². The predicted octanol–water partition coefficient (Wildman–Crippen LogP) is 4.28. The normalized spacial score (nSPS) is 11.9. The van der Waals surface area contributed by atoms with E-state index in [0.29, 0.717) is 0 Å². The minimum absolute atomic E-state index is 0.514. The van der Waals surface area contributed by atoms with Gasteiger partial charge in [0.2, 0.25) is 0 Å². The molecule has 0 saturated heterocycles. The third kappa shape index (κ3) is 2.82. The Kier molecular flexibility index (Phi) is 4.08. The van der Waals surface area contributed by atoms with Crippen LogP contribution in [0.4, 0.5) is 0 Å². The molecule has 0 bridgehead atoms. The van der Waals surface area contributed by atoms with E-state index in [1.165, 1.54) is 0 Å². The molecule has 0 aliphatic heterocycles. The Balaban J connectivity index is 2.34. The molecule has 0 aliphatic rings. The Morgan fingerprint density at radius 2 is 1.70 bits per heavy atom. The van der Waals surface area contributed by atoms with Crippen LogP contribution >= 0.6 is 0 Å². The first-order chi connectivity index (χ1) is 9.50. The summed E-state index contributed by atoms with van der Waals surface area (Å²) in [4.78, 5) is 11.1. The minimum Gasteiger partial charge on any atom is -0.481 e. The van der Waals surface area contributed by atoms with Crippen LogP contribution in [0.15, 0.2) is 42.5 Å². The summed E-state index contributed by atoms with van der Waals surface area (Å²) in [5, 5.41) is 9.12. The number of aliphatic carboxylic acids is 1. The fraction of sp³-hybridized carbons (Fsp3) is 0.235. The van der Waals surface area contributed by atoms with E-state index in [1.54, 1.807) is 6.92 Å². The third-order valence-electron chi connectivity index (χ3n) is 3.59. The standard InChI is InChI=1S/C17H18O3/c1-11-12(2)16(20-14-7-5-4-6-8-14)10-9-15(11)13(3)17(18)19/h4-10,13H,1-3H3,(H,18,19). The van der Waals surface area contributed by atoms with E-state index in [0.717, 1.165) is 28.2 Å². The van der Waals surface area contributed by atoms with E-state index in [2.05, 4.69) is 0 Å². The van der Waals surface area contributed by atoms with Crippen LogP contribution in [0.3, 0.4) is 0 Å². The number of ether oxygens (including phenoxy) is 1. The first-order valence-corrected chi connectivity index (χ1v) is 6.56. The van der Waals surface area contributed by atoms with Crippen molar-refractivity contribution in [2.75, 3.05) is 0 Å². The number of benzene rings is 2. The van der Waals surface area contributed by atoms with Gasteiger partial charge >= 0.3 is 5.97 Å². The van der Waals surface area contributed by atoms with E-state index in [-0.39, 0.29) is 0 Å². The van der Waals surface area contributed by atoms with Crippen LogP contribution in [-0.4, -0.2) is 11.1 Å². The molecule has 0 amide bonds. The highest BCUT2D eigenvalue weighted by atomic mass is 16.5. The van der Waals surface area contributed by atoms with Crippen molar-refractivity contribution >= 4 is 5.97 Å². The molecule has 3 nitrogen and oxygen atoms in total. The van der Waals surface area contributed by atoms with Gasteiger partial charge in [-0.2, -0.15) is 0 Å². The molecule has 2 rings (SSSR count). The van der Waals surface area contributed by atoms with Gasteiger partial charge in [0.05, 0.1) is 5.92 Å². The highest BCUT2D eigenvalue weighted by molar-refractivity contribution is 5.76. The van der Waals surface area contributed by atoms with Crippen LogP contribution in [-0.2, 0) is 4.79 Å². The zero-order valence-electron chi connectivity index (χ0n) is 11.9. The molecule has 0 radical (unpaired) electrons. The van der Waals surface area contributed by atoms with Crippen molar-refractivity contribution in [2.24, 2.45) is 0 Å². The molecule has 0 spiro atoms.